The molecular weight excluding hydrogens is 262 g/mol. The molecule has 6 heteroatoms. The van der Waals surface area contributed by atoms with Crippen LogP contribution in [0.25, 0.3) is 0 Å². The van der Waals surface area contributed by atoms with Crippen LogP contribution >= 0.6 is 0 Å². The minimum absolute atomic E-state index is 0.147. The van der Waals surface area contributed by atoms with Crippen molar-refractivity contribution >= 4 is 11.5 Å². The average Bonchev–Trinajstić information content (AvgIpc) is 2.41. The van der Waals surface area contributed by atoms with Crippen LogP contribution in [0.4, 0.5) is 5.69 Å². The topological polar surface area (TPSA) is 89.7 Å². The first-order valence-electron chi connectivity index (χ1n) is 6.63. The number of rotatable bonds is 4. The van der Waals surface area contributed by atoms with Gasteiger partial charge in [0, 0.05) is 12.1 Å². The lowest BCUT2D eigenvalue weighted by Gasteiger charge is -2.28. The van der Waals surface area contributed by atoms with Crippen LogP contribution < -0.4 is 4.74 Å². The van der Waals surface area contributed by atoms with Gasteiger partial charge in [-0.25, -0.2) is 0 Å². The van der Waals surface area contributed by atoms with E-state index in [9.17, 15) is 20.0 Å². The summed E-state index contributed by atoms with van der Waals surface area (Å²) < 4.78 is 5.70. The van der Waals surface area contributed by atoms with E-state index >= 15 is 0 Å². The Morgan fingerprint density at radius 1 is 1.40 bits per heavy atom. The third-order valence-electron chi connectivity index (χ3n) is 3.50. The van der Waals surface area contributed by atoms with Gasteiger partial charge < -0.3 is 9.84 Å². The fourth-order valence-electron chi connectivity index (χ4n) is 2.39. The van der Waals surface area contributed by atoms with E-state index in [-0.39, 0.29) is 23.1 Å². The van der Waals surface area contributed by atoms with Crippen LogP contribution in [0.2, 0.25) is 0 Å². The molecule has 108 valence electrons. The second-order valence-corrected chi connectivity index (χ2v) is 5.00. The molecule has 20 heavy (non-hydrogen) atoms. The lowest BCUT2D eigenvalue weighted by Crippen LogP contribution is -2.35. The molecule has 2 rings (SSSR count). The number of ether oxygens (including phenoxy) is 1. The molecule has 1 fully saturated rings. The van der Waals surface area contributed by atoms with Crippen LogP contribution in [0.15, 0.2) is 18.2 Å². The predicted molar refractivity (Wildman–Crippen MR) is 72.0 cm³/mol. The number of nitro benzene ring substituents is 1. The number of non-ortho nitro benzene ring substituents is 1. The Hall–Kier alpha value is -1.95. The molecule has 1 aliphatic carbocycles. The SMILES string of the molecule is CC(=O)c1cc([N+](=O)[O-])ccc1OC1CCCCC1O. The molecule has 0 heterocycles. The summed E-state index contributed by atoms with van der Waals surface area (Å²) in [6.07, 6.45) is 2.40. The van der Waals surface area contributed by atoms with Crippen molar-refractivity contribution in [2.75, 3.05) is 0 Å². The number of carbonyl (C=O) groups is 1. The van der Waals surface area contributed by atoms with Crippen molar-refractivity contribution < 1.29 is 19.6 Å². The van der Waals surface area contributed by atoms with Gasteiger partial charge in [-0.05, 0) is 32.3 Å². The standard InChI is InChI=1S/C14H17NO5/c1-9(16)11-8-10(15(18)19)6-7-13(11)20-14-5-3-2-4-12(14)17/h6-8,12,14,17H,2-5H2,1H3. The number of hydrogen-bond donors (Lipinski definition) is 1. The van der Waals surface area contributed by atoms with Crippen molar-refractivity contribution in [2.24, 2.45) is 0 Å². The molecule has 1 aliphatic rings. The molecule has 0 amide bonds. The highest BCUT2D eigenvalue weighted by atomic mass is 16.6. The first kappa shape index (κ1) is 14.5. The monoisotopic (exact) mass is 279 g/mol. The fraction of sp³-hybridized carbons (Fsp3) is 0.500. The molecule has 1 N–H and O–H groups in total. The number of Topliss-reactive ketones (excluding diaryl/α,β-unsaturated/α-hetero) is 1. The largest absolute Gasteiger partial charge is 0.487 e. The highest BCUT2D eigenvalue weighted by Gasteiger charge is 2.26. The maximum absolute atomic E-state index is 11.6. The maximum Gasteiger partial charge on any atom is 0.270 e. The van der Waals surface area contributed by atoms with Crippen LogP contribution in [-0.2, 0) is 0 Å². The zero-order valence-electron chi connectivity index (χ0n) is 11.2. The molecule has 0 aromatic heterocycles. The van der Waals surface area contributed by atoms with Gasteiger partial charge in [-0.2, -0.15) is 0 Å². The lowest BCUT2D eigenvalue weighted by molar-refractivity contribution is -0.384. The normalized spacial score (nSPS) is 22.3. The van der Waals surface area contributed by atoms with Gasteiger partial charge in [0.2, 0.25) is 0 Å². The molecule has 6 nitrogen and oxygen atoms in total. The highest BCUT2D eigenvalue weighted by Crippen LogP contribution is 2.29. The molecule has 2 unspecified atom stereocenters. The molecule has 0 saturated heterocycles. The van der Waals surface area contributed by atoms with Gasteiger partial charge in [-0.15, -0.1) is 0 Å². The van der Waals surface area contributed by atoms with E-state index in [1.807, 2.05) is 0 Å². The highest BCUT2D eigenvalue weighted by molar-refractivity contribution is 5.97. The molecule has 0 spiro atoms. The number of aliphatic hydroxyl groups is 1. The van der Waals surface area contributed by atoms with Crippen molar-refractivity contribution in [3.63, 3.8) is 0 Å². The van der Waals surface area contributed by atoms with Crippen molar-refractivity contribution in [3.05, 3.63) is 33.9 Å². The number of benzene rings is 1. The summed E-state index contributed by atoms with van der Waals surface area (Å²) in [4.78, 5) is 21.8. The van der Waals surface area contributed by atoms with Gasteiger partial charge in [-0.1, -0.05) is 6.42 Å². The number of aliphatic hydroxyl groups excluding tert-OH is 1. The van der Waals surface area contributed by atoms with Crippen molar-refractivity contribution in [2.45, 2.75) is 44.8 Å². The summed E-state index contributed by atoms with van der Waals surface area (Å²) in [6, 6.07) is 3.94. The van der Waals surface area contributed by atoms with Crippen molar-refractivity contribution in [3.8, 4) is 5.75 Å². The van der Waals surface area contributed by atoms with Gasteiger partial charge in [-0.3, -0.25) is 14.9 Å². The predicted octanol–water partition coefficient (Wildman–Crippen LogP) is 2.48. The summed E-state index contributed by atoms with van der Waals surface area (Å²) >= 11 is 0. The molecule has 2 atom stereocenters. The second-order valence-electron chi connectivity index (χ2n) is 5.00. The smallest absolute Gasteiger partial charge is 0.270 e. The summed E-state index contributed by atoms with van der Waals surface area (Å²) in [7, 11) is 0. The quantitative estimate of drug-likeness (QED) is 0.519. The average molecular weight is 279 g/mol. The van der Waals surface area contributed by atoms with Crippen LogP contribution in [0, 0.1) is 10.1 Å². The van der Waals surface area contributed by atoms with Gasteiger partial charge in [0.15, 0.2) is 5.78 Å². The van der Waals surface area contributed by atoms with E-state index in [2.05, 4.69) is 0 Å². The molecule has 1 saturated carbocycles. The minimum Gasteiger partial charge on any atom is -0.487 e. The van der Waals surface area contributed by atoms with E-state index in [4.69, 9.17) is 4.74 Å². The number of hydrogen-bond acceptors (Lipinski definition) is 5. The fourth-order valence-corrected chi connectivity index (χ4v) is 2.39. The molecule has 0 aliphatic heterocycles. The Bertz CT molecular complexity index is 528. The van der Waals surface area contributed by atoms with Gasteiger partial charge in [0.25, 0.3) is 5.69 Å². The van der Waals surface area contributed by atoms with Crippen molar-refractivity contribution in [1.29, 1.82) is 0 Å². The van der Waals surface area contributed by atoms with Crippen LogP contribution in [0.1, 0.15) is 43.0 Å². The van der Waals surface area contributed by atoms with E-state index in [0.29, 0.717) is 12.2 Å². The third kappa shape index (κ3) is 3.14. The van der Waals surface area contributed by atoms with E-state index in [1.165, 1.54) is 25.1 Å². The van der Waals surface area contributed by atoms with Crippen LogP contribution in [-0.4, -0.2) is 28.0 Å². The minimum atomic E-state index is -0.557. The number of carbonyl (C=O) groups excluding carboxylic acids is 1. The Morgan fingerprint density at radius 2 is 2.10 bits per heavy atom. The summed E-state index contributed by atoms with van der Waals surface area (Å²) in [5, 5.41) is 20.6. The molecule has 0 bridgehead atoms. The Labute approximate surface area is 116 Å². The van der Waals surface area contributed by atoms with E-state index < -0.39 is 11.0 Å². The molecule has 1 aromatic rings. The van der Waals surface area contributed by atoms with Crippen molar-refractivity contribution in [1.82, 2.24) is 0 Å². The Morgan fingerprint density at radius 3 is 2.70 bits per heavy atom. The van der Waals surface area contributed by atoms with Gasteiger partial charge >= 0.3 is 0 Å². The molecule has 0 radical (unpaired) electrons. The summed E-state index contributed by atoms with van der Waals surface area (Å²) in [5.74, 6) is 0.00282. The van der Waals surface area contributed by atoms with Crippen LogP contribution in [0.5, 0.6) is 5.75 Å². The number of nitro groups is 1. The van der Waals surface area contributed by atoms with Gasteiger partial charge in [0.1, 0.15) is 11.9 Å². The second kappa shape index (κ2) is 6.00. The maximum atomic E-state index is 11.6. The number of nitrogens with zero attached hydrogens (tertiary/aromatic N) is 1. The van der Waals surface area contributed by atoms with E-state index in [0.717, 1.165) is 19.3 Å². The molecular formula is C14H17NO5. The Kier molecular flexibility index (Phi) is 4.34. The zero-order valence-corrected chi connectivity index (χ0v) is 11.2. The summed E-state index contributed by atoms with van der Waals surface area (Å²) in [5.41, 5.74) is 0.0312. The number of ketones is 1. The Balaban J connectivity index is 2.26. The zero-order chi connectivity index (χ0) is 14.7. The van der Waals surface area contributed by atoms with E-state index in [1.54, 1.807) is 0 Å². The van der Waals surface area contributed by atoms with Gasteiger partial charge in [0.05, 0.1) is 16.6 Å². The summed E-state index contributed by atoms with van der Waals surface area (Å²) in [6.45, 7) is 1.34. The lowest BCUT2D eigenvalue weighted by atomic mass is 9.94. The third-order valence-corrected chi connectivity index (χ3v) is 3.50. The first-order valence-corrected chi connectivity index (χ1v) is 6.63. The molecule has 1 aromatic carbocycles. The first-order chi connectivity index (χ1) is 9.49. The van der Waals surface area contributed by atoms with Crippen LogP contribution in [0.3, 0.4) is 0 Å².